The topological polar surface area (TPSA) is 46.2 Å². The van der Waals surface area contributed by atoms with Crippen molar-refractivity contribution in [2.45, 2.75) is 39.7 Å². The molecule has 1 N–H and O–H groups in total. The van der Waals surface area contributed by atoms with Crippen molar-refractivity contribution in [2.75, 3.05) is 19.1 Å². The molecular weight excluding hydrogens is 258 g/mol. The van der Waals surface area contributed by atoms with Crippen LogP contribution in [-0.2, 0) is 9.84 Å². The lowest BCUT2D eigenvalue weighted by Crippen LogP contribution is -2.20. The third kappa shape index (κ3) is 4.96. The zero-order chi connectivity index (χ0) is 14.6. The first-order chi connectivity index (χ1) is 8.74. The number of benzene rings is 1. The Kier molecular flexibility index (Phi) is 5.56. The standard InChI is InChI=1S/C15H25NO2S/c1-11-9-12(2)15(13(3)10-11)14(16-4)7-6-8-19(5,17)18/h9-10,14,16H,6-8H2,1-5H3. The summed E-state index contributed by atoms with van der Waals surface area (Å²) in [6.45, 7) is 6.34. The Morgan fingerprint density at radius 1 is 1.16 bits per heavy atom. The second kappa shape index (κ2) is 6.53. The molecule has 0 saturated carbocycles. The van der Waals surface area contributed by atoms with Crippen molar-refractivity contribution in [1.82, 2.24) is 5.32 Å². The van der Waals surface area contributed by atoms with Crippen molar-refractivity contribution in [3.8, 4) is 0 Å². The van der Waals surface area contributed by atoms with Gasteiger partial charge in [0.05, 0.1) is 0 Å². The Labute approximate surface area is 117 Å². The van der Waals surface area contributed by atoms with Gasteiger partial charge < -0.3 is 5.32 Å². The Hall–Kier alpha value is -0.870. The van der Waals surface area contributed by atoms with Gasteiger partial charge in [-0.1, -0.05) is 17.7 Å². The first-order valence-corrected chi connectivity index (χ1v) is 8.73. The number of nitrogens with one attached hydrogen (secondary N) is 1. The molecule has 0 aromatic heterocycles. The number of rotatable bonds is 6. The van der Waals surface area contributed by atoms with Crippen LogP contribution in [0.1, 0.15) is 41.1 Å². The van der Waals surface area contributed by atoms with Crippen LogP contribution in [0.3, 0.4) is 0 Å². The maximum Gasteiger partial charge on any atom is 0.147 e. The molecule has 1 rings (SSSR count). The Morgan fingerprint density at radius 3 is 2.11 bits per heavy atom. The van der Waals surface area contributed by atoms with Gasteiger partial charge in [-0.3, -0.25) is 0 Å². The van der Waals surface area contributed by atoms with Gasteiger partial charge in [0.25, 0.3) is 0 Å². The summed E-state index contributed by atoms with van der Waals surface area (Å²) in [5.41, 5.74) is 5.12. The zero-order valence-electron chi connectivity index (χ0n) is 12.6. The van der Waals surface area contributed by atoms with E-state index < -0.39 is 9.84 Å². The van der Waals surface area contributed by atoms with E-state index in [0.29, 0.717) is 6.42 Å². The van der Waals surface area contributed by atoms with Crippen LogP contribution in [0.2, 0.25) is 0 Å². The fourth-order valence-electron chi connectivity index (χ4n) is 2.72. The molecule has 0 amide bonds. The highest BCUT2D eigenvalue weighted by molar-refractivity contribution is 7.90. The largest absolute Gasteiger partial charge is 0.313 e. The van der Waals surface area contributed by atoms with E-state index in [0.717, 1.165) is 6.42 Å². The van der Waals surface area contributed by atoms with Gasteiger partial charge in [-0.05, 0) is 57.4 Å². The van der Waals surface area contributed by atoms with Crippen molar-refractivity contribution in [3.05, 3.63) is 34.4 Å². The summed E-state index contributed by atoms with van der Waals surface area (Å²) < 4.78 is 22.4. The molecule has 1 atom stereocenters. The van der Waals surface area contributed by atoms with Crippen LogP contribution in [-0.4, -0.2) is 27.5 Å². The molecule has 1 aromatic rings. The number of sulfone groups is 1. The van der Waals surface area contributed by atoms with E-state index in [1.807, 2.05) is 7.05 Å². The van der Waals surface area contributed by atoms with E-state index in [4.69, 9.17) is 0 Å². The molecular formula is C15H25NO2S. The van der Waals surface area contributed by atoms with Gasteiger partial charge in [-0.25, -0.2) is 8.42 Å². The third-order valence-corrected chi connectivity index (χ3v) is 4.47. The molecule has 3 nitrogen and oxygen atoms in total. The summed E-state index contributed by atoms with van der Waals surface area (Å²) in [6.07, 6.45) is 2.83. The quantitative estimate of drug-likeness (QED) is 0.873. The number of hydrogen-bond donors (Lipinski definition) is 1. The van der Waals surface area contributed by atoms with Crippen LogP contribution in [0.25, 0.3) is 0 Å². The molecule has 1 unspecified atom stereocenters. The number of aryl methyl sites for hydroxylation is 3. The molecule has 1 aromatic carbocycles. The van der Waals surface area contributed by atoms with Gasteiger partial charge >= 0.3 is 0 Å². The van der Waals surface area contributed by atoms with Gasteiger partial charge in [0.2, 0.25) is 0 Å². The molecule has 0 bridgehead atoms. The maximum absolute atomic E-state index is 11.2. The van der Waals surface area contributed by atoms with E-state index in [2.05, 4.69) is 38.2 Å². The van der Waals surface area contributed by atoms with Gasteiger partial charge in [0, 0.05) is 18.1 Å². The average molecular weight is 283 g/mol. The minimum atomic E-state index is -2.86. The van der Waals surface area contributed by atoms with Crippen molar-refractivity contribution in [3.63, 3.8) is 0 Å². The summed E-state index contributed by atoms with van der Waals surface area (Å²) in [6, 6.07) is 4.59. The second-order valence-electron chi connectivity index (χ2n) is 5.43. The maximum atomic E-state index is 11.2. The fourth-order valence-corrected chi connectivity index (χ4v) is 3.41. The minimum Gasteiger partial charge on any atom is -0.313 e. The molecule has 0 saturated heterocycles. The SMILES string of the molecule is CNC(CCCS(C)(=O)=O)c1c(C)cc(C)cc1C. The first kappa shape index (κ1) is 16.2. The van der Waals surface area contributed by atoms with E-state index in [1.54, 1.807) is 0 Å². The molecule has 19 heavy (non-hydrogen) atoms. The molecule has 4 heteroatoms. The van der Waals surface area contributed by atoms with Gasteiger partial charge in [-0.15, -0.1) is 0 Å². The molecule has 108 valence electrons. The number of hydrogen-bond acceptors (Lipinski definition) is 3. The Morgan fingerprint density at radius 2 is 1.68 bits per heavy atom. The highest BCUT2D eigenvalue weighted by Gasteiger charge is 2.15. The summed E-state index contributed by atoms with van der Waals surface area (Å²) in [5.74, 6) is 0.259. The van der Waals surface area contributed by atoms with E-state index in [9.17, 15) is 8.42 Å². The summed E-state index contributed by atoms with van der Waals surface area (Å²) in [7, 11) is -0.931. The molecule has 0 heterocycles. The summed E-state index contributed by atoms with van der Waals surface area (Å²) >= 11 is 0. The van der Waals surface area contributed by atoms with Crippen molar-refractivity contribution in [1.29, 1.82) is 0 Å². The van der Waals surface area contributed by atoms with Gasteiger partial charge in [-0.2, -0.15) is 0 Å². The van der Waals surface area contributed by atoms with Gasteiger partial charge in [0.1, 0.15) is 9.84 Å². The van der Waals surface area contributed by atoms with Crippen molar-refractivity contribution in [2.24, 2.45) is 0 Å². The van der Waals surface area contributed by atoms with Crippen LogP contribution >= 0.6 is 0 Å². The van der Waals surface area contributed by atoms with Gasteiger partial charge in [0.15, 0.2) is 0 Å². The first-order valence-electron chi connectivity index (χ1n) is 6.67. The smallest absolute Gasteiger partial charge is 0.147 e. The van der Waals surface area contributed by atoms with Crippen LogP contribution in [0.5, 0.6) is 0 Å². The highest BCUT2D eigenvalue weighted by Crippen LogP contribution is 2.26. The van der Waals surface area contributed by atoms with Crippen molar-refractivity contribution >= 4 is 9.84 Å². The normalized spacial score (nSPS) is 13.5. The molecule has 0 fully saturated rings. The minimum absolute atomic E-state index is 0.224. The molecule has 0 radical (unpaired) electrons. The lowest BCUT2D eigenvalue weighted by Gasteiger charge is -2.21. The molecule has 0 aliphatic rings. The molecule has 0 aliphatic carbocycles. The van der Waals surface area contributed by atoms with Crippen LogP contribution in [0, 0.1) is 20.8 Å². The van der Waals surface area contributed by atoms with Crippen LogP contribution in [0.15, 0.2) is 12.1 Å². The van der Waals surface area contributed by atoms with Crippen molar-refractivity contribution < 1.29 is 8.42 Å². The summed E-state index contributed by atoms with van der Waals surface area (Å²) in [5, 5.41) is 3.31. The zero-order valence-corrected chi connectivity index (χ0v) is 13.4. The second-order valence-corrected chi connectivity index (χ2v) is 7.69. The third-order valence-electron chi connectivity index (χ3n) is 3.44. The molecule has 0 aliphatic heterocycles. The lowest BCUT2D eigenvalue weighted by molar-refractivity contribution is 0.532. The predicted molar refractivity (Wildman–Crippen MR) is 81.4 cm³/mol. The predicted octanol–water partition coefficient (Wildman–Crippen LogP) is 2.70. The lowest BCUT2D eigenvalue weighted by atomic mass is 9.92. The molecule has 0 spiro atoms. The summed E-state index contributed by atoms with van der Waals surface area (Å²) in [4.78, 5) is 0. The van der Waals surface area contributed by atoms with Crippen LogP contribution in [0.4, 0.5) is 0 Å². The average Bonchev–Trinajstić information content (AvgIpc) is 2.23. The van der Waals surface area contributed by atoms with E-state index in [1.165, 1.54) is 28.5 Å². The Bertz CT molecular complexity index is 512. The monoisotopic (exact) mass is 283 g/mol. The van der Waals surface area contributed by atoms with Crippen LogP contribution < -0.4 is 5.32 Å². The highest BCUT2D eigenvalue weighted by atomic mass is 32.2. The van der Waals surface area contributed by atoms with E-state index >= 15 is 0 Å². The van der Waals surface area contributed by atoms with E-state index in [-0.39, 0.29) is 11.8 Å². The fraction of sp³-hybridized carbons (Fsp3) is 0.600. The Balaban J connectivity index is 2.86.